The first-order chi connectivity index (χ1) is 11.6. The van der Waals surface area contributed by atoms with Crippen LogP contribution in [0.2, 0.25) is 0 Å². The third-order valence-corrected chi connectivity index (χ3v) is 5.99. The fraction of sp³-hybridized carbons (Fsp3) is 0.263. The van der Waals surface area contributed by atoms with Gasteiger partial charge in [0.15, 0.2) is 5.78 Å². The number of carboxylic acid groups (broad SMARTS) is 1. The normalized spacial score (nSPS) is 25.3. The summed E-state index contributed by atoms with van der Waals surface area (Å²) < 4.78 is 0. The van der Waals surface area contributed by atoms with Crippen molar-refractivity contribution in [3.63, 3.8) is 0 Å². The third-order valence-electron chi connectivity index (χ3n) is 4.70. The van der Waals surface area contributed by atoms with Gasteiger partial charge in [0.05, 0.1) is 10.7 Å². The molecule has 0 saturated heterocycles. The minimum atomic E-state index is -0.965. The Kier molecular flexibility index (Phi) is 3.61. The van der Waals surface area contributed by atoms with Gasteiger partial charge in [0.2, 0.25) is 0 Å². The highest BCUT2D eigenvalue weighted by atomic mass is 32.2. The molecule has 5 heteroatoms. The van der Waals surface area contributed by atoms with Gasteiger partial charge in [0.25, 0.3) is 0 Å². The molecule has 0 amide bonds. The first-order valence-electron chi connectivity index (χ1n) is 8.09. The summed E-state index contributed by atoms with van der Waals surface area (Å²) in [6.45, 7) is 2.74. The molecule has 1 aliphatic heterocycles. The van der Waals surface area contributed by atoms with E-state index in [1.807, 2.05) is 6.92 Å². The number of aliphatic carboxylic acids is 1. The second-order valence-electron chi connectivity index (χ2n) is 6.00. The zero-order chi connectivity index (χ0) is 16.8. The van der Waals surface area contributed by atoms with Gasteiger partial charge < -0.3 is 10.0 Å². The van der Waals surface area contributed by atoms with Crippen molar-refractivity contribution in [2.24, 2.45) is 0 Å². The van der Waals surface area contributed by atoms with Gasteiger partial charge in [-0.1, -0.05) is 42.1 Å². The number of carbonyl (C=O) groups excluding carboxylic acids is 1. The van der Waals surface area contributed by atoms with Crippen molar-refractivity contribution in [3.05, 3.63) is 68.7 Å². The lowest BCUT2D eigenvalue weighted by molar-refractivity contribution is -0.137. The average Bonchev–Trinajstić information content (AvgIpc) is 3.10. The summed E-state index contributed by atoms with van der Waals surface area (Å²) in [6, 6.07) is 7.06. The van der Waals surface area contributed by atoms with Crippen LogP contribution in [-0.2, 0) is 4.79 Å². The number of thioether (sulfide) groups is 1. The molecule has 122 valence electrons. The molecule has 0 spiro atoms. The Labute approximate surface area is 144 Å². The number of benzene rings is 1. The number of hydrogen-bond acceptors (Lipinski definition) is 4. The maximum atomic E-state index is 13.0. The van der Waals surface area contributed by atoms with E-state index in [-0.39, 0.29) is 5.78 Å². The molecule has 3 aliphatic rings. The number of carbonyl (C=O) groups is 2. The van der Waals surface area contributed by atoms with Crippen LogP contribution in [-0.4, -0.2) is 28.3 Å². The maximum Gasteiger partial charge on any atom is 0.315 e. The molecule has 1 aromatic rings. The van der Waals surface area contributed by atoms with E-state index in [4.69, 9.17) is 0 Å². The van der Waals surface area contributed by atoms with Gasteiger partial charge in [0, 0.05) is 22.6 Å². The van der Waals surface area contributed by atoms with Crippen LogP contribution in [0, 0.1) is 0 Å². The monoisotopic (exact) mass is 339 g/mol. The molecule has 0 saturated carbocycles. The smallest absolute Gasteiger partial charge is 0.315 e. The third kappa shape index (κ3) is 2.08. The molecule has 4 nitrogen and oxygen atoms in total. The first-order valence-corrected chi connectivity index (χ1v) is 8.90. The zero-order valence-corrected chi connectivity index (χ0v) is 14.1. The van der Waals surface area contributed by atoms with Crippen LogP contribution in [0.3, 0.4) is 0 Å². The molecular formula is C19H17NO3S. The van der Waals surface area contributed by atoms with Gasteiger partial charge >= 0.3 is 5.97 Å². The fourth-order valence-electron chi connectivity index (χ4n) is 3.63. The predicted molar refractivity (Wildman–Crippen MR) is 93.5 cm³/mol. The van der Waals surface area contributed by atoms with Crippen molar-refractivity contribution in [2.75, 3.05) is 6.54 Å². The van der Waals surface area contributed by atoms with Gasteiger partial charge in [-0.2, -0.15) is 0 Å². The summed E-state index contributed by atoms with van der Waals surface area (Å²) in [5.74, 6) is -1.99. The number of fused-ring (bicyclic) bond motifs is 1. The molecule has 0 radical (unpaired) electrons. The second-order valence-corrected chi connectivity index (χ2v) is 7.09. The van der Waals surface area contributed by atoms with Crippen LogP contribution in [0.15, 0.2) is 57.6 Å². The quantitative estimate of drug-likeness (QED) is 0.828. The summed E-state index contributed by atoms with van der Waals surface area (Å²) in [6.07, 6.45) is 6.16. The molecule has 1 unspecified atom stereocenters. The van der Waals surface area contributed by atoms with E-state index in [1.54, 1.807) is 36.0 Å². The topological polar surface area (TPSA) is 57.6 Å². The van der Waals surface area contributed by atoms with Crippen molar-refractivity contribution in [1.82, 2.24) is 4.90 Å². The lowest BCUT2D eigenvalue weighted by Crippen LogP contribution is -2.22. The van der Waals surface area contributed by atoms with E-state index in [9.17, 15) is 14.7 Å². The average molecular weight is 339 g/mol. The maximum absolute atomic E-state index is 13.0. The molecule has 1 aromatic carbocycles. The van der Waals surface area contributed by atoms with Gasteiger partial charge in [-0.25, -0.2) is 0 Å². The Morgan fingerprint density at radius 3 is 2.92 bits per heavy atom. The van der Waals surface area contributed by atoms with Crippen LogP contribution in [0.5, 0.6) is 0 Å². The number of hydrogen-bond donors (Lipinski definition) is 1. The molecule has 2 aliphatic carbocycles. The zero-order valence-electron chi connectivity index (χ0n) is 13.3. The molecule has 1 atom stereocenters. The minimum absolute atomic E-state index is 0.150. The number of ketones is 1. The molecule has 1 heterocycles. The van der Waals surface area contributed by atoms with Crippen molar-refractivity contribution in [1.29, 1.82) is 0 Å². The van der Waals surface area contributed by atoms with Gasteiger partial charge in [-0.05, 0) is 31.4 Å². The Bertz CT molecular complexity index is 850. The van der Waals surface area contributed by atoms with Crippen molar-refractivity contribution < 1.29 is 14.7 Å². The molecule has 0 fully saturated rings. The number of rotatable bonds is 2. The van der Waals surface area contributed by atoms with Crippen LogP contribution in [0.25, 0.3) is 0 Å². The number of Topliss-reactive ketones (excluding diaryl/α,β-unsaturated/α-hetero) is 1. The number of likely N-dealkylation sites (N-methyl/N-ethyl adjacent to an activating group) is 1. The standard InChI is InChI=1S/C19H17NO3S/c1-2-20-13-9-5-6-10-14(13)24-18(20)16-15(19(22)23)11-7-3-4-8-12(11)17(16)21/h3-5,7-9,15H,2,6,10H2,1H3,(H,22,23)/b18-16-. The van der Waals surface area contributed by atoms with E-state index >= 15 is 0 Å². The van der Waals surface area contributed by atoms with Crippen molar-refractivity contribution in [3.8, 4) is 0 Å². The van der Waals surface area contributed by atoms with E-state index in [1.165, 1.54) is 4.91 Å². The van der Waals surface area contributed by atoms with E-state index in [0.717, 1.165) is 23.6 Å². The van der Waals surface area contributed by atoms with E-state index < -0.39 is 11.9 Å². The minimum Gasteiger partial charge on any atom is -0.481 e. The summed E-state index contributed by atoms with van der Waals surface area (Å²) in [5.41, 5.74) is 2.65. The van der Waals surface area contributed by atoms with Gasteiger partial charge in [-0.15, -0.1) is 0 Å². The van der Waals surface area contributed by atoms with Crippen molar-refractivity contribution in [2.45, 2.75) is 25.7 Å². The van der Waals surface area contributed by atoms with Crippen LogP contribution >= 0.6 is 11.8 Å². The molecule has 0 bridgehead atoms. The van der Waals surface area contributed by atoms with Crippen molar-refractivity contribution >= 4 is 23.5 Å². The Morgan fingerprint density at radius 1 is 1.38 bits per heavy atom. The number of carboxylic acids is 1. The highest BCUT2D eigenvalue weighted by molar-refractivity contribution is 8.07. The van der Waals surface area contributed by atoms with E-state index in [0.29, 0.717) is 23.2 Å². The Morgan fingerprint density at radius 2 is 2.17 bits per heavy atom. The highest BCUT2D eigenvalue weighted by Crippen LogP contribution is 2.51. The summed E-state index contributed by atoms with van der Waals surface area (Å²) in [5, 5.41) is 10.6. The molecule has 24 heavy (non-hydrogen) atoms. The number of nitrogens with zero attached hydrogens (tertiary/aromatic N) is 1. The van der Waals surface area contributed by atoms with Gasteiger partial charge in [0.1, 0.15) is 5.92 Å². The highest BCUT2D eigenvalue weighted by Gasteiger charge is 2.44. The molecular weight excluding hydrogens is 322 g/mol. The first kappa shape index (κ1) is 15.3. The van der Waals surface area contributed by atoms with Gasteiger partial charge in [-0.3, -0.25) is 9.59 Å². The largest absolute Gasteiger partial charge is 0.481 e. The van der Waals surface area contributed by atoms with Crippen LogP contribution in [0.4, 0.5) is 0 Å². The summed E-state index contributed by atoms with van der Waals surface area (Å²) >= 11 is 1.57. The summed E-state index contributed by atoms with van der Waals surface area (Å²) in [4.78, 5) is 28.2. The molecule has 0 aromatic heterocycles. The van der Waals surface area contributed by atoms with Crippen LogP contribution in [0.1, 0.15) is 41.6 Å². The lowest BCUT2D eigenvalue weighted by Gasteiger charge is -2.23. The Balaban J connectivity index is 1.89. The van der Waals surface area contributed by atoms with E-state index in [2.05, 4.69) is 17.1 Å². The molecule has 1 N–H and O–H groups in total. The predicted octanol–water partition coefficient (Wildman–Crippen LogP) is 3.89. The molecule has 4 rings (SSSR count). The Hall–Kier alpha value is -2.27. The second kappa shape index (κ2) is 5.67. The fourth-order valence-corrected chi connectivity index (χ4v) is 5.03. The van der Waals surface area contributed by atoms with Crippen LogP contribution < -0.4 is 0 Å². The SMILES string of the molecule is CCN1C2=C(CCC=C2)S/C1=C1\C(=O)c2ccccc2C1C(=O)O. The summed E-state index contributed by atoms with van der Waals surface area (Å²) in [7, 11) is 0. The number of allylic oxidation sites excluding steroid dienone is 3. The lowest BCUT2D eigenvalue weighted by atomic mass is 9.98.